The summed E-state index contributed by atoms with van der Waals surface area (Å²) in [6, 6.07) is 8.61. The number of benzene rings is 1. The molecule has 0 radical (unpaired) electrons. The van der Waals surface area contributed by atoms with Crippen LogP contribution in [0.15, 0.2) is 24.3 Å². The van der Waals surface area contributed by atoms with Gasteiger partial charge in [0.15, 0.2) is 0 Å². The highest BCUT2D eigenvalue weighted by atomic mass is 32.1. The van der Waals surface area contributed by atoms with Crippen molar-refractivity contribution >= 4 is 12.2 Å². The molecule has 3 rings (SSSR count). The van der Waals surface area contributed by atoms with E-state index in [0.717, 1.165) is 29.9 Å². The Labute approximate surface area is 138 Å². The molecule has 0 aliphatic heterocycles. The van der Waals surface area contributed by atoms with Gasteiger partial charge in [-0.05, 0) is 45.1 Å². The molecular formula is C19H24N2S. The standard InChI is InChI=1S/C19H24N2S/c1-3-4-12-21-17-11-6-5-10-16(17)19(22)20-18(21)15-9-7-8-14(2)13-15/h7-9,13H,3-6,10-12H2,1-2H3. The maximum atomic E-state index is 5.61. The second-order valence-electron chi connectivity index (χ2n) is 6.25. The number of unbranched alkanes of at least 4 members (excludes halogenated alkanes) is 1. The Morgan fingerprint density at radius 2 is 2.05 bits per heavy atom. The van der Waals surface area contributed by atoms with Crippen LogP contribution in [-0.4, -0.2) is 9.55 Å². The molecule has 116 valence electrons. The second kappa shape index (κ2) is 6.74. The summed E-state index contributed by atoms with van der Waals surface area (Å²) in [5.74, 6) is 1.06. The first-order valence-corrected chi connectivity index (χ1v) is 8.81. The van der Waals surface area contributed by atoms with E-state index in [-0.39, 0.29) is 0 Å². The van der Waals surface area contributed by atoms with Gasteiger partial charge in [0.05, 0.1) is 0 Å². The van der Waals surface area contributed by atoms with Crippen LogP contribution in [0.25, 0.3) is 11.4 Å². The van der Waals surface area contributed by atoms with Crippen LogP contribution in [-0.2, 0) is 19.4 Å². The van der Waals surface area contributed by atoms with Gasteiger partial charge in [-0.2, -0.15) is 0 Å². The number of fused-ring (bicyclic) bond motifs is 1. The fraction of sp³-hybridized carbons (Fsp3) is 0.474. The van der Waals surface area contributed by atoms with Gasteiger partial charge in [-0.1, -0.05) is 49.3 Å². The van der Waals surface area contributed by atoms with Crippen LogP contribution in [0, 0.1) is 11.6 Å². The molecule has 1 aromatic carbocycles. The van der Waals surface area contributed by atoms with Crippen LogP contribution in [0.3, 0.4) is 0 Å². The van der Waals surface area contributed by atoms with Crippen LogP contribution in [0.5, 0.6) is 0 Å². The monoisotopic (exact) mass is 312 g/mol. The highest BCUT2D eigenvalue weighted by Crippen LogP contribution is 2.28. The van der Waals surface area contributed by atoms with Crippen LogP contribution in [0.1, 0.15) is 49.4 Å². The third-order valence-electron chi connectivity index (χ3n) is 4.50. The van der Waals surface area contributed by atoms with Crippen molar-refractivity contribution in [2.24, 2.45) is 0 Å². The van der Waals surface area contributed by atoms with Crippen molar-refractivity contribution in [2.45, 2.75) is 58.9 Å². The van der Waals surface area contributed by atoms with Crippen molar-refractivity contribution in [3.05, 3.63) is 45.7 Å². The van der Waals surface area contributed by atoms with E-state index in [9.17, 15) is 0 Å². The molecule has 0 saturated carbocycles. The molecule has 0 bridgehead atoms. The lowest BCUT2D eigenvalue weighted by Crippen LogP contribution is -2.18. The van der Waals surface area contributed by atoms with E-state index >= 15 is 0 Å². The SMILES string of the molecule is CCCCn1c(-c2cccc(C)c2)nc(=S)c2c1CCCC2. The maximum Gasteiger partial charge on any atom is 0.141 e. The molecule has 22 heavy (non-hydrogen) atoms. The van der Waals surface area contributed by atoms with E-state index in [2.05, 4.69) is 42.7 Å². The Morgan fingerprint density at radius 3 is 2.82 bits per heavy atom. The second-order valence-corrected chi connectivity index (χ2v) is 6.63. The highest BCUT2D eigenvalue weighted by molar-refractivity contribution is 7.71. The van der Waals surface area contributed by atoms with E-state index < -0.39 is 0 Å². The van der Waals surface area contributed by atoms with Crippen LogP contribution in [0.4, 0.5) is 0 Å². The van der Waals surface area contributed by atoms with Crippen molar-refractivity contribution in [3.8, 4) is 11.4 Å². The Kier molecular flexibility index (Phi) is 4.72. The Morgan fingerprint density at radius 1 is 1.23 bits per heavy atom. The molecular weight excluding hydrogens is 288 g/mol. The molecule has 3 heteroatoms. The van der Waals surface area contributed by atoms with E-state index in [0.29, 0.717) is 0 Å². The van der Waals surface area contributed by atoms with Gasteiger partial charge in [0, 0.05) is 23.4 Å². The lowest BCUT2D eigenvalue weighted by molar-refractivity contribution is 0.555. The molecule has 2 nitrogen and oxygen atoms in total. The molecule has 0 atom stereocenters. The van der Waals surface area contributed by atoms with Crippen LogP contribution >= 0.6 is 12.2 Å². The van der Waals surface area contributed by atoms with E-state index in [4.69, 9.17) is 17.2 Å². The lowest BCUT2D eigenvalue weighted by Gasteiger charge is -2.24. The number of hydrogen-bond donors (Lipinski definition) is 0. The Bertz CT molecular complexity index is 731. The van der Waals surface area contributed by atoms with Gasteiger partial charge < -0.3 is 4.57 Å². The third kappa shape index (κ3) is 3.00. The van der Waals surface area contributed by atoms with Crippen molar-refractivity contribution in [1.82, 2.24) is 9.55 Å². The highest BCUT2D eigenvalue weighted by Gasteiger charge is 2.18. The molecule has 0 N–H and O–H groups in total. The Balaban J connectivity index is 2.19. The van der Waals surface area contributed by atoms with Crippen molar-refractivity contribution in [1.29, 1.82) is 0 Å². The zero-order valence-corrected chi connectivity index (χ0v) is 14.4. The van der Waals surface area contributed by atoms with Crippen molar-refractivity contribution < 1.29 is 0 Å². The van der Waals surface area contributed by atoms with E-state index in [1.165, 1.54) is 48.1 Å². The van der Waals surface area contributed by atoms with Gasteiger partial charge in [-0.15, -0.1) is 0 Å². The fourth-order valence-corrected chi connectivity index (χ4v) is 3.64. The van der Waals surface area contributed by atoms with Gasteiger partial charge in [0.2, 0.25) is 0 Å². The normalized spacial score (nSPS) is 13.9. The molecule has 1 aliphatic rings. The van der Waals surface area contributed by atoms with Crippen molar-refractivity contribution in [3.63, 3.8) is 0 Å². The summed E-state index contributed by atoms with van der Waals surface area (Å²) in [4.78, 5) is 4.83. The molecule has 0 fully saturated rings. The maximum absolute atomic E-state index is 5.61. The topological polar surface area (TPSA) is 17.8 Å². The molecule has 1 aromatic heterocycles. The van der Waals surface area contributed by atoms with E-state index in [1.807, 2.05) is 0 Å². The first-order chi connectivity index (χ1) is 10.7. The predicted octanol–water partition coefficient (Wildman–Crippen LogP) is 5.27. The van der Waals surface area contributed by atoms with Gasteiger partial charge >= 0.3 is 0 Å². The summed E-state index contributed by atoms with van der Waals surface area (Å²) in [5, 5.41) is 0. The van der Waals surface area contributed by atoms with Gasteiger partial charge in [0.25, 0.3) is 0 Å². The average molecular weight is 312 g/mol. The molecule has 0 amide bonds. The number of aryl methyl sites for hydroxylation is 1. The molecule has 0 saturated heterocycles. The first kappa shape index (κ1) is 15.4. The zero-order chi connectivity index (χ0) is 15.5. The van der Waals surface area contributed by atoms with Crippen LogP contribution < -0.4 is 0 Å². The van der Waals surface area contributed by atoms with Gasteiger partial charge in [0.1, 0.15) is 10.5 Å². The quantitative estimate of drug-likeness (QED) is 0.716. The molecule has 1 aliphatic carbocycles. The van der Waals surface area contributed by atoms with Gasteiger partial charge in [-0.3, -0.25) is 0 Å². The predicted molar refractivity (Wildman–Crippen MR) is 94.8 cm³/mol. The first-order valence-electron chi connectivity index (χ1n) is 8.40. The molecule has 2 aromatic rings. The van der Waals surface area contributed by atoms with Crippen LogP contribution in [0.2, 0.25) is 0 Å². The minimum absolute atomic E-state index is 0.818. The third-order valence-corrected chi connectivity index (χ3v) is 4.84. The summed E-state index contributed by atoms with van der Waals surface area (Å²) in [7, 11) is 0. The Hall–Kier alpha value is -1.48. The number of rotatable bonds is 4. The van der Waals surface area contributed by atoms with Crippen molar-refractivity contribution in [2.75, 3.05) is 0 Å². The fourth-order valence-electron chi connectivity index (χ4n) is 3.33. The van der Waals surface area contributed by atoms with E-state index in [1.54, 1.807) is 0 Å². The number of nitrogens with zero attached hydrogens (tertiary/aromatic N) is 2. The van der Waals surface area contributed by atoms with Gasteiger partial charge in [-0.25, -0.2) is 4.98 Å². The summed E-state index contributed by atoms with van der Waals surface area (Å²) >= 11 is 5.61. The average Bonchev–Trinajstić information content (AvgIpc) is 2.54. The number of hydrogen-bond acceptors (Lipinski definition) is 2. The summed E-state index contributed by atoms with van der Waals surface area (Å²) in [5.41, 5.74) is 5.23. The zero-order valence-electron chi connectivity index (χ0n) is 13.6. The molecule has 0 spiro atoms. The minimum Gasteiger partial charge on any atom is -0.329 e. The smallest absolute Gasteiger partial charge is 0.141 e. The largest absolute Gasteiger partial charge is 0.329 e. The number of aromatic nitrogens is 2. The summed E-state index contributed by atoms with van der Waals surface area (Å²) < 4.78 is 3.27. The minimum atomic E-state index is 0.818. The summed E-state index contributed by atoms with van der Waals surface area (Å²) in [6.07, 6.45) is 7.14. The molecule has 1 heterocycles. The molecule has 0 unspecified atom stereocenters. The summed E-state index contributed by atoms with van der Waals surface area (Å²) in [6.45, 7) is 5.42. The lowest BCUT2D eigenvalue weighted by atomic mass is 9.96.